The Balaban J connectivity index is 2.11. The van der Waals surface area contributed by atoms with Crippen LogP contribution in [0.4, 0.5) is 0 Å². The van der Waals surface area contributed by atoms with Gasteiger partial charge in [-0.2, -0.15) is 0 Å². The average Bonchev–Trinajstić information content (AvgIpc) is 2.71. The smallest absolute Gasteiger partial charge is 0.345 e. The lowest BCUT2D eigenvalue weighted by Gasteiger charge is -2.05. The summed E-state index contributed by atoms with van der Waals surface area (Å²) in [5.74, 6) is 0.695. The van der Waals surface area contributed by atoms with Gasteiger partial charge in [-0.15, -0.1) is 23.1 Å². The third kappa shape index (κ3) is 6.10. The molecule has 0 aromatic carbocycles. The van der Waals surface area contributed by atoms with E-state index in [1.54, 1.807) is 17.8 Å². The molecule has 0 saturated heterocycles. The summed E-state index contributed by atoms with van der Waals surface area (Å²) < 4.78 is 5.49. The molecule has 1 aromatic heterocycles. The molecular weight excluding hydrogens is 256 g/mol. The minimum absolute atomic E-state index is 0.397. The number of carboxylic acid groups (broad SMARTS) is 1. The molecule has 0 atom stereocenters. The molecule has 96 valence electrons. The van der Waals surface area contributed by atoms with Gasteiger partial charge in [0.2, 0.25) is 0 Å². The van der Waals surface area contributed by atoms with E-state index in [-0.39, 0.29) is 0 Å². The molecule has 0 spiro atoms. The molecule has 1 N–H and O–H groups in total. The van der Waals surface area contributed by atoms with Crippen LogP contribution in [-0.4, -0.2) is 30.0 Å². The lowest BCUT2D eigenvalue weighted by Crippen LogP contribution is -2.01. The van der Waals surface area contributed by atoms with E-state index in [4.69, 9.17) is 9.84 Å². The summed E-state index contributed by atoms with van der Waals surface area (Å²) >= 11 is 2.91. The molecule has 0 unspecified atom stereocenters. The van der Waals surface area contributed by atoms with E-state index in [0.29, 0.717) is 10.8 Å². The Bertz CT molecular complexity index is 347. The highest BCUT2D eigenvalue weighted by Crippen LogP contribution is 2.24. The SMILES string of the molecule is CC(C)CCOCCSc1csc(C(=O)O)c1. The standard InChI is InChI=1S/C12H18O3S2/c1-9(2)3-4-15-5-6-16-10-7-11(12(13)14)17-8-10/h7-9H,3-6H2,1-2H3,(H,13,14). The number of carboxylic acids is 1. The second-order valence-electron chi connectivity index (χ2n) is 4.10. The molecule has 1 rings (SSSR count). The van der Waals surface area contributed by atoms with Crippen LogP contribution in [0.25, 0.3) is 0 Å². The third-order valence-corrected chi connectivity index (χ3v) is 4.13. The molecule has 0 bridgehead atoms. The van der Waals surface area contributed by atoms with E-state index in [2.05, 4.69) is 13.8 Å². The molecule has 0 aliphatic heterocycles. The molecule has 1 aromatic rings. The van der Waals surface area contributed by atoms with Crippen molar-refractivity contribution in [2.45, 2.75) is 25.2 Å². The van der Waals surface area contributed by atoms with Gasteiger partial charge < -0.3 is 9.84 Å². The van der Waals surface area contributed by atoms with Gasteiger partial charge in [-0.05, 0) is 18.4 Å². The predicted octanol–water partition coefficient (Wildman–Crippen LogP) is 3.60. The monoisotopic (exact) mass is 274 g/mol. The Morgan fingerprint density at radius 3 is 2.88 bits per heavy atom. The van der Waals surface area contributed by atoms with Crippen LogP contribution in [-0.2, 0) is 4.74 Å². The van der Waals surface area contributed by atoms with Crippen LogP contribution in [0.2, 0.25) is 0 Å². The Morgan fingerprint density at radius 2 is 2.29 bits per heavy atom. The van der Waals surface area contributed by atoms with Crippen LogP contribution in [0.3, 0.4) is 0 Å². The Labute approximate surface area is 110 Å². The summed E-state index contributed by atoms with van der Waals surface area (Å²) in [6.07, 6.45) is 1.09. The van der Waals surface area contributed by atoms with Crippen LogP contribution >= 0.6 is 23.1 Å². The number of hydrogen-bond acceptors (Lipinski definition) is 4. The van der Waals surface area contributed by atoms with Crippen LogP contribution in [0.1, 0.15) is 29.9 Å². The second-order valence-corrected chi connectivity index (χ2v) is 6.17. The fourth-order valence-electron chi connectivity index (χ4n) is 1.15. The number of rotatable bonds is 8. The summed E-state index contributed by atoms with van der Waals surface area (Å²) in [7, 11) is 0. The van der Waals surface area contributed by atoms with Gasteiger partial charge in [-0.25, -0.2) is 4.79 Å². The number of thiophene rings is 1. The molecule has 0 aliphatic rings. The Hall–Kier alpha value is -0.520. The average molecular weight is 274 g/mol. The maximum absolute atomic E-state index is 10.7. The highest BCUT2D eigenvalue weighted by Gasteiger charge is 2.06. The van der Waals surface area contributed by atoms with E-state index in [1.807, 2.05) is 5.38 Å². The number of ether oxygens (including phenoxy) is 1. The maximum Gasteiger partial charge on any atom is 0.345 e. The first-order valence-electron chi connectivity index (χ1n) is 5.62. The van der Waals surface area contributed by atoms with Gasteiger partial charge in [-0.3, -0.25) is 0 Å². The zero-order chi connectivity index (χ0) is 12.7. The van der Waals surface area contributed by atoms with E-state index in [0.717, 1.165) is 30.3 Å². The lowest BCUT2D eigenvalue weighted by atomic mass is 10.1. The number of hydrogen-bond donors (Lipinski definition) is 1. The van der Waals surface area contributed by atoms with Crippen LogP contribution < -0.4 is 0 Å². The summed E-state index contributed by atoms with van der Waals surface area (Å²) in [5.41, 5.74) is 0. The molecule has 1 heterocycles. The fraction of sp³-hybridized carbons (Fsp3) is 0.583. The van der Waals surface area contributed by atoms with Gasteiger partial charge in [0, 0.05) is 22.6 Å². The minimum Gasteiger partial charge on any atom is -0.477 e. The fourth-order valence-corrected chi connectivity index (χ4v) is 2.88. The minimum atomic E-state index is -0.852. The van der Waals surface area contributed by atoms with Gasteiger partial charge in [0.1, 0.15) is 4.88 Å². The molecule has 3 nitrogen and oxygen atoms in total. The molecule has 5 heteroatoms. The molecule has 17 heavy (non-hydrogen) atoms. The molecule has 0 saturated carbocycles. The first kappa shape index (κ1) is 14.5. The molecule has 0 fully saturated rings. The molecule has 0 radical (unpaired) electrons. The van der Waals surface area contributed by atoms with Crippen LogP contribution in [0.5, 0.6) is 0 Å². The summed E-state index contributed by atoms with van der Waals surface area (Å²) in [6.45, 7) is 5.88. The van der Waals surface area contributed by atoms with Crippen molar-refractivity contribution in [2.75, 3.05) is 19.0 Å². The summed E-state index contributed by atoms with van der Waals surface area (Å²) in [5, 5.41) is 10.6. The first-order valence-corrected chi connectivity index (χ1v) is 7.48. The maximum atomic E-state index is 10.7. The second kappa shape index (κ2) is 7.74. The molecular formula is C12H18O3S2. The van der Waals surface area contributed by atoms with Crippen molar-refractivity contribution >= 4 is 29.1 Å². The van der Waals surface area contributed by atoms with Crippen LogP contribution in [0, 0.1) is 5.92 Å². The normalized spacial score (nSPS) is 11.0. The zero-order valence-corrected chi connectivity index (χ0v) is 11.8. The van der Waals surface area contributed by atoms with Gasteiger partial charge in [0.15, 0.2) is 0 Å². The van der Waals surface area contributed by atoms with Crippen molar-refractivity contribution in [3.63, 3.8) is 0 Å². The third-order valence-electron chi connectivity index (χ3n) is 2.12. The zero-order valence-electron chi connectivity index (χ0n) is 10.1. The first-order chi connectivity index (χ1) is 8.09. The molecule has 0 aliphatic carbocycles. The summed E-state index contributed by atoms with van der Waals surface area (Å²) in [4.78, 5) is 12.1. The van der Waals surface area contributed by atoms with E-state index < -0.39 is 5.97 Å². The van der Waals surface area contributed by atoms with Crippen molar-refractivity contribution < 1.29 is 14.6 Å². The van der Waals surface area contributed by atoms with Gasteiger partial charge in [0.05, 0.1) is 6.61 Å². The number of aromatic carboxylic acids is 1. The van der Waals surface area contributed by atoms with Crippen molar-refractivity contribution in [1.82, 2.24) is 0 Å². The Morgan fingerprint density at radius 1 is 1.53 bits per heavy atom. The van der Waals surface area contributed by atoms with Crippen LogP contribution in [0.15, 0.2) is 16.3 Å². The van der Waals surface area contributed by atoms with Gasteiger partial charge in [-0.1, -0.05) is 13.8 Å². The van der Waals surface area contributed by atoms with Gasteiger partial charge >= 0.3 is 5.97 Å². The van der Waals surface area contributed by atoms with E-state index >= 15 is 0 Å². The van der Waals surface area contributed by atoms with Gasteiger partial charge in [0.25, 0.3) is 0 Å². The summed E-state index contributed by atoms with van der Waals surface area (Å²) in [6, 6.07) is 1.71. The van der Waals surface area contributed by atoms with Crippen molar-refractivity contribution in [3.8, 4) is 0 Å². The van der Waals surface area contributed by atoms with Crippen molar-refractivity contribution in [2.24, 2.45) is 5.92 Å². The predicted molar refractivity (Wildman–Crippen MR) is 72.3 cm³/mol. The van der Waals surface area contributed by atoms with E-state index in [1.165, 1.54) is 11.3 Å². The topological polar surface area (TPSA) is 46.5 Å². The number of carbonyl (C=O) groups is 1. The quantitative estimate of drug-likeness (QED) is 0.581. The van der Waals surface area contributed by atoms with Crippen molar-refractivity contribution in [3.05, 3.63) is 16.3 Å². The highest BCUT2D eigenvalue weighted by molar-refractivity contribution is 7.99. The number of thioether (sulfide) groups is 1. The van der Waals surface area contributed by atoms with Crippen molar-refractivity contribution in [1.29, 1.82) is 0 Å². The highest BCUT2D eigenvalue weighted by atomic mass is 32.2. The van der Waals surface area contributed by atoms with E-state index in [9.17, 15) is 4.79 Å². The molecule has 0 amide bonds. The Kier molecular flexibility index (Phi) is 6.62. The largest absolute Gasteiger partial charge is 0.477 e. The lowest BCUT2D eigenvalue weighted by molar-refractivity contribution is 0.0702.